The number of aromatic nitrogens is 2. The molecule has 2 amide bonds. The van der Waals surface area contributed by atoms with Gasteiger partial charge in [-0.2, -0.15) is 0 Å². The predicted molar refractivity (Wildman–Crippen MR) is 105 cm³/mol. The molecule has 2 fully saturated rings. The number of nitrogens with one attached hydrogen (secondary N) is 1. The summed E-state index contributed by atoms with van der Waals surface area (Å²) >= 11 is 0. The zero-order valence-corrected chi connectivity index (χ0v) is 17.1. The van der Waals surface area contributed by atoms with E-state index in [9.17, 15) is 19.2 Å². The van der Waals surface area contributed by atoms with Crippen molar-refractivity contribution in [2.45, 2.75) is 65.0 Å². The Morgan fingerprint density at radius 1 is 1.38 bits per heavy atom. The third kappa shape index (κ3) is 5.20. The Balaban J connectivity index is 1.67. The van der Waals surface area contributed by atoms with Crippen LogP contribution in [0.4, 0.5) is 10.2 Å². The number of hydroxylamine groups is 2. The normalized spacial score (nSPS) is 20.3. The van der Waals surface area contributed by atoms with Gasteiger partial charge < -0.3 is 10.2 Å². The van der Waals surface area contributed by atoms with Crippen LogP contribution in [-0.4, -0.2) is 51.7 Å². The van der Waals surface area contributed by atoms with Crippen LogP contribution in [0, 0.1) is 24.6 Å². The highest BCUT2D eigenvalue weighted by molar-refractivity contribution is 5.79. The number of amides is 2. The van der Waals surface area contributed by atoms with E-state index in [1.807, 2.05) is 11.8 Å². The van der Waals surface area contributed by atoms with E-state index in [2.05, 4.69) is 15.3 Å². The van der Waals surface area contributed by atoms with Crippen LogP contribution in [0.15, 0.2) is 0 Å². The highest BCUT2D eigenvalue weighted by atomic mass is 19.1. The average molecular weight is 407 g/mol. The monoisotopic (exact) mass is 407 g/mol. The molecule has 1 aromatic rings. The summed E-state index contributed by atoms with van der Waals surface area (Å²) in [6.45, 7) is 4.34. The lowest BCUT2D eigenvalue weighted by Crippen LogP contribution is -2.47. The summed E-state index contributed by atoms with van der Waals surface area (Å²) in [5, 5.41) is 12.8. The summed E-state index contributed by atoms with van der Waals surface area (Å²) in [4.78, 5) is 33.8. The lowest BCUT2D eigenvalue weighted by molar-refractivity contribution is -0.155. The molecule has 0 spiro atoms. The number of rotatable bonds is 9. The van der Waals surface area contributed by atoms with Crippen LogP contribution in [0.2, 0.25) is 0 Å². The van der Waals surface area contributed by atoms with Gasteiger partial charge in [0.1, 0.15) is 11.5 Å². The Labute approximate surface area is 170 Å². The molecule has 1 aliphatic heterocycles. The molecule has 1 saturated carbocycles. The van der Waals surface area contributed by atoms with Crippen molar-refractivity contribution in [3.8, 4) is 0 Å². The van der Waals surface area contributed by atoms with Crippen LogP contribution < -0.4 is 10.2 Å². The lowest BCUT2D eigenvalue weighted by Gasteiger charge is -2.40. The van der Waals surface area contributed by atoms with Crippen molar-refractivity contribution in [3.05, 3.63) is 17.3 Å². The third-order valence-corrected chi connectivity index (χ3v) is 6.03. The standard InChI is InChI=1S/C20H30FN5O3/c1-13-7-8-26(13)19-18(21)17(23-14(2)24-19)10-22-20(28)16(11-25(29)12-27)9-15-5-3-4-6-15/h12-13,15-16,29H,3-11H2,1-2H3,(H,22,28)/t13?,16-/m1/s1. The van der Waals surface area contributed by atoms with E-state index in [0.29, 0.717) is 29.6 Å². The summed E-state index contributed by atoms with van der Waals surface area (Å²) in [5.74, 6) is -0.225. The average Bonchev–Trinajstić information content (AvgIpc) is 3.20. The number of halogens is 1. The maximum absolute atomic E-state index is 14.9. The topological polar surface area (TPSA) is 98.7 Å². The number of aryl methyl sites for hydroxylation is 1. The van der Waals surface area contributed by atoms with Gasteiger partial charge in [-0.3, -0.25) is 14.8 Å². The first-order valence-electron chi connectivity index (χ1n) is 10.4. The Bertz CT molecular complexity index is 741. The van der Waals surface area contributed by atoms with Gasteiger partial charge in [0, 0.05) is 12.6 Å². The van der Waals surface area contributed by atoms with Crippen LogP contribution in [0.3, 0.4) is 0 Å². The highest BCUT2D eigenvalue weighted by Gasteiger charge is 2.30. The van der Waals surface area contributed by atoms with Gasteiger partial charge in [0.2, 0.25) is 12.3 Å². The fourth-order valence-electron chi connectivity index (χ4n) is 4.24. The summed E-state index contributed by atoms with van der Waals surface area (Å²) in [6.07, 6.45) is 6.26. The van der Waals surface area contributed by atoms with Gasteiger partial charge >= 0.3 is 0 Å². The number of nitrogens with zero attached hydrogens (tertiary/aromatic N) is 4. The summed E-state index contributed by atoms with van der Waals surface area (Å²) in [7, 11) is 0. The maximum atomic E-state index is 14.9. The zero-order chi connectivity index (χ0) is 21.0. The molecule has 0 aromatic carbocycles. The minimum absolute atomic E-state index is 0.0586. The van der Waals surface area contributed by atoms with Crippen molar-refractivity contribution in [1.82, 2.24) is 20.3 Å². The van der Waals surface area contributed by atoms with Gasteiger partial charge in [-0.05, 0) is 32.6 Å². The second-order valence-corrected chi connectivity index (χ2v) is 8.21. The van der Waals surface area contributed by atoms with E-state index in [0.717, 1.165) is 38.6 Å². The molecule has 1 saturated heterocycles. The van der Waals surface area contributed by atoms with Gasteiger partial charge in [-0.1, -0.05) is 25.7 Å². The molecule has 0 bridgehead atoms. The van der Waals surface area contributed by atoms with E-state index >= 15 is 0 Å². The first-order chi connectivity index (χ1) is 13.9. The zero-order valence-electron chi connectivity index (χ0n) is 17.1. The van der Waals surface area contributed by atoms with Gasteiger partial charge in [-0.25, -0.2) is 19.4 Å². The summed E-state index contributed by atoms with van der Waals surface area (Å²) < 4.78 is 14.9. The molecule has 2 atom stereocenters. The minimum Gasteiger partial charge on any atom is -0.351 e. The van der Waals surface area contributed by atoms with E-state index in [1.165, 1.54) is 0 Å². The molecule has 0 radical (unpaired) electrons. The number of carbonyl (C=O) groups is 2. The van der Waals surface area contributed by atoms with E-state index in [1.54, 1.807) is 6.92 Å². The molecule has 2 heterocycles. The molecule has 9 heteroatoms. The molecule has 1 aromatic heterocycles. The fraction of sp³-hybridized carbons (Fsp3) is 0.700. The maximum Gasteiger partial charge on any atom is 0.233 e. The Morgan fingerprint density at radius 3 is 2.69 bits per heavy atom. The number of anilines is 1. The molecule has 2 aliphatic rings. The van der Waals surface area contributed by atoms with Crippen molar-refractivity contribution in [3.63, 3.8) is 0 Å². The minimum atomic E-state index is -0.547. The van der Waals surface area contributed by atoms with Crippen LogP contribution in [0.1, 0.15) is 57.0 Å². The first kappa shape index (κ1) is 21.4. The fourth-order valence-corrected chi connectivity index (χ4v) is 4.24. The Morgan fingerprint density at radius 2 is 2.10 bits per heavy atom. The van der Waals surface area contributed by atoms with Gasteiger partial charge in [-0.15, -0.1) is 0 Å². The predicted octanol–water partition coefficient (Wildman–Crippen LogP) is 2.18. The van der Waals surface area contributed by atoms with E-state index in [-0.39, 0.29) is 36.6 Å². The number of carbonyl (C=O) groups excluding carboxylic acids is 2. The van der Waals surface area contributed by atoms with Crippen molar-refractivity contribution < 1.29 is 19.2 Å². The largest absolute Gasteiger partial charge is 0.351 e. The number of hydrogen-bond donors (Lipinski definition) is 2. The smallest absolute Gasteiger partial charge is 0.233 e. The Kier molecular flexibility index (Phi) is 7.00. The van der Waals surface area contributed by atoms with Gasteiger partial charge in [0.25, 0.3) is 0 Å². The molecule has 1 aliphatic carbocycles. The highest BCUT2D eigenvalue weighted by Crippen LogP contribution is 2.31. The van der Waals surface area contributed by atoms with Crippen molar-refractivity contribution in [2.24, 2.45) is 11.8 Å². The first-order valence-corrected chi connectivity index (χ1v) is 10.4. The van der Waals surface area contributed by atoms with Crippen molar-refractivity contribution in [1.29, 1.82) is 0 Å². The molecular weight excluding hydrogens is 377 g/mol. The van der Waals surface area contributed by atoms with Crippen molar-refractivity contribution >= 4 is 18.1 Å². The molecule has 8 nitrogen and oxygen atoms in total. The van der Waals surface area contributed by atoms with E-state index < -0.39 is 11.7 Å². The SMILES string of the molecule is Cc1nc(CNC(=O)[C@H](CC2CCCC2)CN(O)C=O)c(F)c(N2CCC2C)n1. The molecule has 160 valence electrons. The lowest BCUT2D eigenvalue weighted by atomic mass is 9.92. The number of hydrogen-bond acceptors (Lipinski definition) is 6. The van der Waals surface area contributed by atoms with Crippen LogP contribution in [0.5, 0.6) is 0 Å². The molecule has 3 rings (SSSR count). The van der Waals surface area contributed by atoms with Gasteiger partial charge in [0.15, 0.2) is 11.6 Å². The second-order valence-electron chi connectivity index (χ2n) is 8.21. The molecule has 1 unspecified atom stereocenters. The van der Waals surface area contributed by atoms with Crippen molar-refractivity contribution in [2.75, 3.05) is 18.0 Å². The third-order valence-electron chi connectivity index (χ3n) is 6.03. The Hall–Kier alpha value is -2.29. The summed E-state index contributed by atoms with van der Waals surface area (Å²) in [6, 6.07) is 0.232. The van der Waals surface area contributed by atoms with Crippen LogP contribution in [-0.2, 0) is 16.1 Å². The molecule has 2 N–H and O–H groups in total. The van der Waals surface area contributed by atoms with E-state index in [4.69, 9.17) is 0 Å². The van der Waals surface area contributed by atoms with Crippen LogP contribution >= 0.6 is 0 Å². The quantitative estimate of drug-likeness (QED) is 0.370. The van der Waals surface area contributed by atoms with Gasteiger partial charge in [0.05, 0.1) is 19.0 Å². The van der Waals surface area contributed by atoms with Crippen LogP contribution in [0.25, 0.3) is 0 Å². The molecular formula is C20H30FN5O3. The summed E-state index contributed by atoms with van der Waals surface area (Å²) in [5.41, 5.74) is 0.149. The second kappa shape index (κ2) is 9.47. The molecule has 29 heavy (non-hydrogen) atoms.